The predicted molar refractivity (Wildman–Crippen MR) is 100 cm³/mol. The maximum absolute atomic E-state index is 5.28. The fourth-order valence-electron chi connectivity index (χ4n) is 2.98. The summed E-state index contributed by atoms with van der Waals surface area (Å²) in [4.78, 5) is 14.8. The first-order valence-electron chi connectivity index (χ1n) is 8.61. The number of anilines is 1. The van der Waals surface area contributed by atoms with Gasteiger partial charge in [0.1, 0.15) is 6.61 Å². The van der Waals surface area contributed by atoms with E-state index in [9.17, 15) is 0 Å². The van der Waals surface area contributed by atoms with Crippen LogP contribution in [0.4, 0.5) is 5.13 Å². The maximum atomic E-state index is 5.28. The molecule has 0 radical (unpaired) electrons. The summed E-state index contributed by atoms with van der Waals surface area (Å²) in [6.45, 7) is 4.84. The van der Waals surface area contributed by atoms with Crippen molar-refractivity contribution in [3.63, 3.8) is 0 Å². The molecule has 3 aromatic rings. The minimum absolute atomic E-state index is 0.380. The maximum Gasteiger partial charge on any atom is 0.240 e. The summed E-state index contributed by atoms with van der Waals surface area (Å²) in [5, 5.41) is 5.00. The molecule has 1 aromatic carbocycles. The van der Waals surface area contributed by atoms with Crippen LogP contribution in [0.25, 0.3) is 10.4 Å². The zero-order chi connectivity index (χ0) is 17.8. The Kier molecular flexibility index (Phi) is 5.24. The highest BCUT2D eigenvalue weighted by Gasteiger charge is 2.21. The van der Waals surface area contributed by atoms with Gasteiger partial charge in [-0.15, -0.1) is 0 Å². The second-order valence-corrected chi connectivity index (χ2v) is 7.18. The molecule has 136 valence electrons. The molecule has 7 nitrogen and oxygen atoms in total. The van der Waals surface area contributed by atoms with Gasteiger partial charge in [-0.3, -0.25) is 4.90 Å². The summed E-state index contributed by atoms with van der Waals surface area (Å²) < 4.78 is 10.3. The van der Waals surface area contributed by atoms with Crippen LogP contribution in [0.1, 0.15) is 11.7 Å². The normalized spacial score (nSPS) is 15.5. The van der Waals surface area contributed by atoms with Gasteiger partial charge in [-0.2, -0.15) is 4.98 Å². The lowest BCUT2D eigenvalue weighted by molar-refractivity contribution is 0.174. The molecular weight excluding hydrogens is 350 g/mol. The molecule has 0 bridgehead atoms. The van der Waals surface area contributed by atoms with Gasteiger partial charge in [0.25, 0.3) is 0 Å². The number of benzene rings is 1. The van der Waals surface area contributed by atoms with Crippen LogP contribution in [0.15, 0.2) is 41.1 Å². The van der Waals surface area contributed by atoms with E-state index in [2.05, 4.69) is 49.2 Å². The molecule has 0 unspecified atom stereocenters. The molecule has 1 fully saturated rings. The van der Waals surface area contributed by atoms with Gasteiger partial charge < -0.3 is 14.2 Å². The van der Waals surface area contributed by atoms with Crippen LogP contribution in [-0.4, -0.2) is 53.3 Å². The van der Waals surface area contributed by atoms with Crippen molar-refractivity contribution >= 4 is 16.5 Å². The molecule has 1 aliphatic rings. The van der Waals surface area contributed by atoms with Crippen molar-refractivity contribution in [2.45, 2.75) is 13.2 Å². The fourth-order valence-corrected chi connectivity index (χ4v) is 3.95. The van der Waals surface area contributed by atoms with Crippen molar-refractivity contribution in [1.29, 1.82) is 0 Å². The average molecular weight is 371 g/mol. The monoisotopic (exact) mass is 371 g/mol. The van der Waals surface area contributed by atoms with E-state index in [1.54, 1.807) is 18.4 Å². The minimum atomic E-state index is 0.380. The van der Waals surface area contributed by atoms with Crippen LogP contribution >= 0.6 is 11.3 Å². The van der Waals surface area contributed by atoms with Gasteiger partial charge >= 0.3 is 0 Å². The zero-order valence-corrected chi connectivity index (χ0v) is 15.5. The molecule has 1 aliphatic heterocycles. The van der Waals surface area contributed by atoms with Crippen LogP contribution < -0.4 is 4.90 Å². The number of nitrogens with zero attached hydrogens (tertiary/aromatic N) is 5. The molecule has 1 saturated heterocycles. The molecular formula is C18H21N5O2S. The van der Waals surface area contributed by atoms with Gasteiger partial charge in [-0.1, -0.05) is 46.8 Å². The van der Waals surface area contributed by atoms with E-state index in [-0.39, 0.29) is 0 Å². The second-order valence-electron chi connectivity index (χ2n) is 6.17. The van der Waals surface area contributed by atoms with Crippen LogP contribution in [0, 0.1) is 0 Å². The highest BCUT2D eigenvalue weighted by atomic mass is 32.1. The smallest absolute Gasteiger partial charge is 0.240 e. The van der Waals surface area contributed by atoms with Crippen molar-refractivity contribution < 1.29 is 9.26 Å². The molecule has 0 aliphatic carbocycles. The lowest BCUT2D eigenvalue weighted by atomic mass is 10.2. The Labute approximate surface area is 156 Å². The van der Waals surface area contributed by atoms with E-state index in [1.807, 2.05) is 12.3 Å². The van der Waals surface area contributed by atoms with Gasteiger partial charge in [0, 0.05) is 39.5 Å². The number of thiazole rings is 1. The zero-order valence-electron chi connectivity index (χ0n) is 14.7. The van der Waals surface area contributed by atoms with E-state index in [0.717, 1.165) is 31.3 Å². The molecule has 8 heteroatoms. The Hall–Kier alpha value is -2.29. The Bertz CT molecular complexity index is 827. The fraction of sp³-hybridized carbons (Fsp3) is 0.389. The first-order valence-corrected chi connectivity index (χ1v) is 9.42. The van der Waals surface area contributed by atoms with Crippen LogP contribution in [0.2, 0.25) is 0 Å². The summed E-state index contributed by atoms with van der Waals surface area (Å²) >= 11 is 1.75. The lowest BCUT2D eigenvalue weighted by Gasteiger charge is -2.33. The first-order chi connectivity index (χ1) is 12.8. The number of ether oxygens (including phenoxy) is 1. The lowest BCUT2D eigenvalue weighted by Crippen LogP contribution is -2.46. The summed E-state index contributed by atoms with van der Waals surface area (Å²) in [7, 11) is 1.62. The standard InChI is InChI=1S/C18H21N5O2S/c1-24-13-16-20-17(25-21-16)12-22-7-9-23(10-8-22)18-19-11-15(26-18)14-5-3-2-4-6-14/h2-6,11H,7-10,12-13H2,1H3. The Morgan fingerprint density at radius 2 is 1.96 bits per heavy atom. The van der Waals surface area contributed by atoms with Crippen molar-refractivity contribution in [2.75, 3.05) is 38.2 Å². The summed E-state index contributed by atoms with van der Waals surface area (Å²) in [6, 6.07) is 10.4. The van der Waals surface area contributed by atoms with Crippen LogP contribution in [0.5, 0.6) is 0 Å². The Balaban J connectivity index is 1.33. The third kappa shape index (κ3) is 3.92. The van der Waals surface area contributed by atoms with Gasteiger partial charge in [0.05, 0.1) is 11.4 Å². The number of rotatable bonds is 6. The SMILES string of the molecule is COCc1noc(CN2CCN(c3ncc(-c4ccccc4)s3)CC2)n1. The van der Waals surface area contributed by atoms with Crippen molar-refractivity contribution in [2.24, 2.45) is 0 Å². The minimum Gasteiger partial charge on any atom is -0.377 e. The van der Waals surface area contributed by atoms with Crippen LogP contribution in [-0.2, 0) is 17.9 Å². The van der Waals surface area contributed by atoms with Gasteiger partial charge in [0.2, 0.25) is 5.89 Å². The van der Waals surface area contributed by atoms with Gasteiger partial charge in [0.15, 0.2) is 11.0 Å². The van der Waals surface area contributed by atoms with E-state index in [0.29, 0.717) is 24.9 Å². The number of piperazine rings is 1. The van der Waals surface area contributed by atoms with Crippen molar-refractivity contribution in [1.82, 2.24) is 20.0 Å². The molecule has 2 aromatic heterocycles. The summed E-state index contributed by atoms with van der Waals surface area (Å²) in [5.41, 5.74) is 1.22. The summed E-state index contributed by atoms with van der Waals surface area (Å²) in [6.07, 6.45) is 1.97. The van der Waals surface area contributed by atoms with Crippen molar-refractivity contribution in [3.05, 3.63) is 48.2 Å². The van der Waals surface area contributed by atoms with E-state index >= 15 is 0 Å². The molecule has 0 atom stereocenters. The molecule has 0 amide bonds. The third-order valence-corrected chi connectivity index (χ3v) is 5.44. The number of hydrogen-bond donors (Lipinski definition) is 0. The highest BCUT2D eigenvalue weighted by Crippen LogP contribution is 2.31. The Morgan fingerprint density at radius 1 is 1.15 bits per heavy atom. The topological polar surface area (TPSA) is 67.5 Å². The van der Waals surface area contributed by atoms with E-state index in [4.69, 9.17) is 9.26 Å². The quantitative estimate of drug-likeness (QED) is 0.660. The molecule has 0 spiro atoms. The number of hydrogen-bond acceptors (Lipinski definition) is 8. The molecule has 0 saturated carbocycles. The molecule has 4 rings (SSSR count). The second kappa shape index (κ2) is 7.94. The number of methoxy groups -OCH3 is 1. The summed E-state index contributed by atoms with van der Waals surface area (Å²) in [5.74, 6) is 1.24. The average Bonchev–Trinajstić information content (AvgIpc) is 3.33. The Morgan fingerprint density at radius 3 is 2.73 bits per heavy atom. The largest absolute Gasteiger partial charge is 0.377 e. The molecule has 0 N–H and O–H groups in total. The van der Waals surface area contributed by atoms with E-state index < -0.39 is 0 Å². The van der Waals surface area contributed by atoms with E-state index in [1.165, 1.54) is 10.4 Å². The van der Waals surface area contributed by atoms with Gasteiger partial charge in [-0.05, 0) is 5.56 Å². The van der Waals surface area contributed by atoms with Crippen LogP contribution in [0.3, 0.4) is 0 Å². The first kappa shape index (κ1) is 17.1. The third-order valence-electron chi connectivity index (χ3n) is 4.34. The molecule has 26 heavy (non-hydrogen) atoms. The van der Waals surface area contributed by atoms with Gasteiger partial charge in [-0.25, -0.2) is 4.98 Å². The van der Waals surface area contributed by atoms with Crippen molar-refractivity contribution in [3.8, 4) is 10.4 Å². The number of aromatic nitrogens is 3. The highest BCUT2D eigenvalue weighted by molar-refractivity contribution is 7.18. The molecule has 3 heterocycles. The predicted octanol–water partition coefficient (Wildman–Crippen LogP) is 2.66.